The summed E-state index contributed by atoms with van der Waals surface area (Å²) in [6.45, 7) is 9.10. The molecule has 1 atom stereocenters. The lowest BCUT2D eigenvalue weighted by Gasteiger charge is -2.13. The van der Waals surface area contributed by atoms with Crippen LogP contribution in [-0.2, 0) is 11.2 Å². The highest BCUT2D eigenvalue weighted by molar-refractivity contribution is 4.98. The van der Waals surface area contributed by atoms with Crippen molar-refractivity contribution in [3.8, 4) is 0 Å². The molecule has 0 aliphatic rings. The maximum absolute atomic E-state index is 5.51. The fourth-order valence-corrected chi connectivity index (χ4v) is 1.61. The number of hydrogen-bond donors (Lipinski definition) is 1. The molecule has 0 aliphatic carbocycles. The van der Waals surface area contributed by atoms with Crippen LogP contribution in [0.25, 0.3) is 0 Å². The van der Waals surface area contributed by atoms with E-state index in [1.54, 1.807) is 6.26 Å². The molecular weight excluding hydrogens is 214 g/mol. The third-order valence-corrected chi connectivity index (χ3v) is 2.59. The first-order chi connectivity index (χ1) is 8.18. The van der Waals surface area contributed by atoms with Crippen LogP contribution in [-0.4, -0.2) is 25.8 Å². The smallest absolute Gasteiger partial charge is 0.103 e. The molecule has 3 nitrogen and oxygen atoms in total. The number of aryl methyl sites for hydroxylation is 1. The highest BCUT2D eigenvalue weighted by atomic mass is 16.5. The average Bonchev–Trinajstić information content (AvgIpc) is 2.78. The fourth-order valence-electron chi connectivity index (χ4n) is 1.61. The van der Waals surface area contributed by atoms with Crippen molar-refractivity contribution in [3.05, 3.63) is 24.2 Å². The van der Waals surface area contributed by atoms with Crippen molar-refractivity contribution in [2.24, 2.45) is 5.92 Å². The van der Waals surface area contributed by atoms with Gasteiger partial charge in [0.2, 0.25) is 0 Å². The van der Waals surface area contributed by atoms with Gasteiger partial charge in [-0.3, -0.25) is 0 Å². The Morgan fingerprint density at radius 2 is 2.18 bits per heavy atom. The normalized spacial score (nSPS) is 13.2. The molecule has 0 amide bonds. The topological polar surface area (TPSA) is 34.4 Å². The van der Waals surface area contributed by atoms with Crippen LogP contribution in [0.2, 0.25) is 0 Å². The predicted molar refractivity (Wildman–Crippen MR) is 70.2 cm³/mol. The van der Waals surface area contributed by atoms with E-state index in [0.29, 0.717) is 12.0 Å². The van der Waals surface area contributed by atoms with Crippen LogP contribution in [0.3, 0.4) is 0 Å². The lowest BCUT2D eigenvalue weighted by atomic mass is 10.1. The molecule has 0 spiro atoms. The highest BCUT2D eigenvalue weighted by Crippen LogP contribution is 2.05. The largest absolute Gasteiger partial charge is 0.469 e. The molecule has 1 aromatic rings. The molecule has 17 heavy (non-hydrogen) atoms. The first-order valence-electron chi connectivity index (χ1n) is 6.52. The fraction of sp³-hybridized carbons (Fsp3) is 0.714. The summed E-state index contributed by atoms with van der Waals surface area (Å²) < 4.78 is 10.8. The lowest BCUT2D eigenvalue weighted by Crippen LogP contribution is -2.30. The van der Waals surface area contributed by atoms with Crippen LogP contribution in [0.4, 0.5) is 0 Å². The van der Waals surface area contributed by atoms with Gasteiger partial charge < -0.3 is 14.5 Å². The number of furan rings is 1. The van der Waals surface area contributed by atoms with Crippen molar-refractivity contribution >= 4 is 0 Å². The van der Waals surface area contributed by atoms with Gasteiger partial charge in [0.25, 0.3) is 0 Å². The summed E-state index contributed by atoms with van der Waals surface area (Å²) in [6, 6.07) is 4.47. The second-order valence-corrected chi connectivity index (χ2v) is 4.94. The molecule has 1 heterocycles. The van der Waals surface area contributed by atoms with E-state index in [1.807, 2.05) is 12.1 Å². The van der Waals surface area contributed by atoms with Crippen LogP contribution >= 0.6 is 0 Å². The Hall–Kier alpha value is -0.800. The number of nitrogens with one attached hydrogen (secondary N) is 1. The number of rotatable bonds is 9. The van der Waals surface area contributed by atoms with Gasteiger partial charge in [0.15, 0.2) is 0 Å². The van der Waals surface area contributed by atoms with E-state index in [9.17, 15) is 0 Å². The highest BCUT2D eigenvalue weighted by Gasteiger charge is 2.03. The molecule has 1 aromatic heterocycles. The van der Waals surface area contributed by atoms with E-state index < -0.39 is 0 Å². The maximum atomic E-state index is 5.51. The van der Waals surface area contributed by atoms with Gasteiger partial charge >= 0.3 is 0 Å². The van der Waals surface area contributed by atoms with Crippen molar-refractivity contribution in [2.45, 2.75) is 39.7 Å². The molecule has 1 N–H and O–H groups in total. The molecule has 1 rings (SSSR count). The Bertz CT molecular complexity index is 270. The van der Waals surface area contributed by atoms with E-state index in [0.717, 1.165) is 38.4 Å². The third kappa shape index (κ3) is 7.18. The second-order valence-electron chi connectivity index (χ2n) is 4.94. The molecule has 1 unspecified atom stereocenters. The standard InChI is InChI=1S/C14H25NO2/c1-12(2)11-16-10-8-15-13(3)6-7-14-5-4-9-17-14/h4-5,9,12-13,15H,6-8,10-11H2,1-3H3. The van der Waals surface area contributed by atoms with Crippen LogP contribution in [0.1, 0.15) is 33.0 Å². The zero-order valence-electron chi connectivity index (χ0n) is 11.2. The van der Waals surface area contributed by atoms with E-state index >= 15 is 0 Å². The Morgan fingerprint density at radius 3 is 2.82 bits per heavy atom. The molecular formula is C14H25NO2. The van der Waals surface area contributed by atoms with Gasteiger partial charge in [0, 0.05) is 25.6 Å². The van der Waals surface area contributed by atoms with Gasteiger partial charge in [-0.1, -0.05) is 13.8 Å². The molecule has 3 heteroatoms. The molecule has 0 saturated carbocycles. The molecule has 0 aromatic carbocycles. The lowest BCUT2D eigenvalue weighted by molar-refractivity contribution is 0.110. The maximum Gasteiger partial charge on any atom is 0.103 e. The summed E-state index contributed by atoms with van der Waals surface area (Å²) in [6.07, 6.45) is 3.82. The minimum Gasteiger partial charge on any atom is -0.469 e. The summed E-state index contributed by atoms with van der Waals surface area (Å²) in [5, 5.41) is 3.45. The zero-order valence-corrected chi connectivity index (χ0v) is 11.2. The van der Waals surface area contributed by atoms with Crippen LogP contribution < -0.4 is 5.32 Å². The summed E-state index contributed by atoms with van der Waals surface area (Å²) in [5.41, 5.74) is 0. The van der Waals surface area contributed by atoms with Gasteiger partial charge in [-0.25, -0.2) is 0 Å². The summed E-state index contributed by atoms with van der Waals surface area (Å²) in [4.78, 5) is 0. The minimum atomic E-state index is 0.503. The second kappa shape index (κ2) is 8.31. The molecule has 0 fully saturated rings. The van der Waals surface area contributed by atoms with Crippen molar-refractivity contribution < 1.29 is 9.15 Å². The van der Waals surface area contributed by atoms with E-state index in [1.165, 1.54) is 0 Å². The Balaban J connectivity index is 1.96. The first kappa shape index (κ1) is 14.3. The van der Waals surface area contributed by atoms with Crippen LogP contribution in [0.15, 0.2) is 22.8 Å². The van der Waals surface area contributed by atoms with Crippen LogP contribution in [0, 0.1) is 5.92 Å². The Morgan fingerprint density at radius 1 is 1.35 bits per heavy atom. The average molecular weight is 239 g/mol. The molecule has 0 radical (unpaired) electrons. The molecule has 0 saturated heterocycles. The molecule has 0 aliphatic heterocycles. The van der Waals surface area contributed by atoms with E-state index in [2.05, 4.69) is 26.1 Å². The van der Waals surface area contributed by atoms with Gasteiger partial charge in [-0.15, -0.1) is 0 Å². The summed E-state index contributed by atoms with van der Waals surface area (Å²) in [5.74, 6) is 1.68. The first-order valence-corrected chi connectivity index (χ1v) is 6.52. The van der Waals surface area contributed by atoms with Gasteiger partial charge in [0.05, 0.1) is 12.9 Å². The number of hydrogen-bond acceptors (Lipinski definition) is 3. The minimum absolute atomic E-state index is 0.503. The van der Waals surface area contributed by atoms with Gasteiger partial charge in [0.1, 0.15) is 5.76 Å². The third-order valence-electron chi connectivity index (χ3n) is 2.59. The van der Waals surface area contributed by atoms with Crippen molar-refractivity contribution in [2.75, 3.05) is 19.8 Å². The van der Waals surface area contributed by atoms with Crippen molar-refractivity contribution in [1.82, 2.24) is 5.32 Å². The van der Waals surface area contributed by atoms with Crippen LogP contribution in [0.5, 0.6) is 0 Å². The summed E-state index contributed by atoms with van der Waals surface area (Å²) in [7, 11) is 0. The quantitative estimate of drug-likeness (QED) is 0.673. The summed E-state index contributed by atoms with van der Waals surface area (Å²) >= 11 is 0. The molecule has 0 bridgehead atoms. The van der Waals surface area contributed by atoms with E-state index in [-0.39, 0.29) is 0 Å². The van der Waals surface area contributed by atoms with Gasteiger partial charge in [-0.2, -0.15) is 0 Å². The van der Waals surface area contributed by atoms with Crippen molar-refractivity contribution in [3.63, 3.8) is 0 Å². The van der Waals surface area contributed by atoms with Gasteiger partial charge in [-0.05, 0) is 31.4 Å². The monoisotopic (exact) mass is 239 g/mol. The zero-order chi connectivity index (χ0) is 12.5. The van der Waals surface area contributed by atoms with Crippen molar-refractivity contribution in [1.29, 1.82) is 0 Å². The SMILES string of the molecule is CC(C)COCCNC(C)CCc1ccco1. The predicted octanol–water partition coefficient (Wildman–Crippen LogP) is 2.86. The van der Waals surface area contributed by atoms with E-state index in [4.69, 9.17) is 9.15 Å². The number of ether oxygens (including phenoxy) is 1. The Kier molecular flexibility index (Phi) is 6.97. The Labute approximate surface area is 105 Å². The molecule has 98 valence electrons.